The molecule has 3 rings (SSSR count). The number of halogens is 4. The average molecular weight is 566 g/mol. The molecule has 14 heteroatoms. The number of aliphatic hydroxyl groups is 1. The molecule has 0 radical (unpaired) electrons. The third-order valence-electron chi connectivity index (χ3n) is 5.02. The molecule has 1 unspecified atom stereocenters. The normalized spacial score (nSPS) is 12.5. The van der Waals surface area contributed by atoms with Crippen LogP contribution in [-0.2, 0) is 14.8 Å². The largest absolute Gasteiger partial charge is 0.492 e. The van der Waals surface area contributed by atoms with Crippen LogP contribution in [0.1, 0.15) is 22.9 Å². The van der Waals surface area contributed by atoms with Gasteiger partial charge in [0.1, 0.15) is 12.4 Å². The number of nitrogens with one attached hydrogen (secondary N) is 3. The van der Waals surface area contributed by atoms with Gasteiger partial charge in [0.2, 0.25) is 10.0 Å². The van der Waals surface area contributed by atoms with E-state index in [1.54, 1.807) is 12.1 Å². The van der Waals surface area contributed by atoms with E-state index >= 15 is 0 Å². The van der Waals surface area contributed by atoms with Crippen molar-refractivity contribution >= 4 is 44.2 Å². The summed E-state index contributed by atoms with van der Waals surface area (Å²) in [6.07, 6.45) is -4.87. The molecule has 5 N–H and O–H groups in total. The van der Waals surface area contributed by atoms with Crippen LogP contribution in [0.2, 0.25) is 5.02 Å². The highest BCUT2D eigenvalue weighted by molar-refractivity contribution is 7.92. The molecule has 204 valence electrons. The van der Waals surface area contributed by atoms with Gasteiger partial charge in [-0.3, -0.25) is 4.72 Å². The van der Waals surface area contributed by atoms with Crippen LogP contribution < -0.4 is 14.8 Å². The molecule has 0 aliphatic heterocycles. The highest BCUT2D eigenvalue weighted by Gasteiger charge is 2.38. The molecule has 1 aromatic heterocycles. The van der Waals surface area contributed by atoms with Crippen LogP contribution in [0.3, 0.4) is 0 Å². The highest BCUT2D eigenvalue weighted by atomic mass is 35.5. The van der Waals surface area contributed by atoms with Crippen molar-refractivity contribution in [3.8, 4) is 5.75 Å². The van der Waals surface area contributed by atoms with Gasteiger partial charge in [-0.25, -0.2) is 13.2 Å². The molecule has 0 saturated carbocycles. The Hall–Kier alpha value is -3.00. The van der Waals surface area contributed by atoms with Gasteiger partial charge in [0.15, 0.2) is 0 Å². The zero-order chi connectivity index (χ0) is 28.0. The van der Waals surface area contributed by atoms with Gasteiger partial charge in [0.05, 0.1) is 18.0 Å². The minimum atomic E-state index is -5.08. The first-order valence-corrected chi connectivity index (χ1v) is 13.0. The van der Waals surface area contributed by atoms with Gasteiger partial charge < -0.3 is 25.3 Å². The Morgan fingerprint density at radius 3 is 2.43 bits per heavy atom. The van der Waals surface area contributed by atoms with Crippen molar-refractivity contribution in [3.63, 3.8) is 0 Å². The first kappa shape index (κ1) is 30.2. The number of carbonyl (C=O) groups is 1. The van der Waals surface area contributed by atoms with Crippen LogP contribution in [-0.4, -0.2) is 61.7 Å². The second-order valence-electron chi connectivity index (χ2n) is 8.10. The quantitative estimate of drug-likeness (QED) is 0.246. The smallest absolute Gasteiger partial charge is 0.490 e. The molecule has 0 fully saturated rings. The second-order valence-corrected chi connectivity index (χ2v) is 10.3. The lowest BCUT2D eigenvalue weighted by Crippen LogP contribution is -2.26. The Labute approximate surface area is 216 Å². The standard InChI is InChI=1S/C21H26ClN3O4S.C2HF3O2/c1-13-14(2)24-20-11-18(4-5-19(13)20)29-7-6-23-12-21(26)15-8-16(22)10-17(9-15)25-30(3,27)28;3-2(4,5)1(6)7/h4-5,8-11,21,23-26H,6-7,12H2,1-3H3;(H,6,7). The van der Waals surface area contributed by atoms with Crippen molar-refractivity contribution in [2.45, 2.75) is 26.1 Å². The zero-order valence-electron chi connectivity index (χ0n) is 20.1. The maximum atomic E-state index is 11.4. The van der Waals surface area contributed by atoms with Gasteiger partial charge in [-0.15, -0.1) is 0 Å². The Morgan fingerprint density at radius 2 is 1.84 bits per heavy atom. The molecule has 1 atom stereocenters. The van der Waals surface area contributed by atoms with Crippen molar-refractivity contribution in [1.82, 2.24) is 10.3 Å². The number of aryl methyl sites for hydroxylation is 2. The van der Waals surface area contributed by atoms with Gasteiger partial charge >= 0.3 is 12.1 Å². The lowest BCUT2D eigenvalue weighted by molar-refractivity contribution is -0.192. The molecule has 0 saturated heterocycles. The molecule has 9 nitrogen and oxygen atoms in total. The summed E-state index contributed by atoms with van der Waals surface area (Å²) >= 11 is 6.04. The molecule has 0 aliphatic carbocycles. The molecule has 0 amide bonds. The molecule has 0 aliphatic rings. The zero-order valence-corrected chi connectivity index (χ0v) is 21.7. The number of hydrogen-bond donors (Lipinski definition) is 5. The molecule has 37 heavy (non-hydrogen) atoms. The average Bonchev–Trinajstić information content (AvgIpc) is 3.04. The van der Waals surface area contributed by atoms with E-state index < -0.39 is 28.3 Å². The monoisotopic (exact) mass is 565 g/mol. The number of alkyl halides is 3. The summed E-state index contributed by atoms with van der Waals surface area (Å²) in [4.78, 5) is 12.2. The molecule has 2 aromatic carbocycles. The van der Waals surface area contributed by atoms with Crippen molar-refractivity contribution in [1.29, 1.82) is 0 Å². The molecule has 0 spiro atoms. The molecule has 3 aromatic rings. The first-order chi connectivity index (χ1) is 17.1. The highest BCUT2D eigenvalue weighted by Crippen LogP contribution is 2.26. The van der Waals surface area contributed by atoms with Gasteiger partial charge in [0.25, 0.3) is 0 Å². The number of fused-ring (bicyclic) bond motifs is 1. The van der Waals surface area contributed by atoms with E-state index in [4.69, 9.17) is 26.2 Å². The van der Waals surface area contributed by atoms with Crippen LogP contribution in [0.25, 0.3) is 10.9 Å². The summed E-state index contributed by atoms with van der Waals surface area (Å²) in [5.74, 6) is -1.98. The van der Waals surface area contributed by atoms with E-state index in [-0.39, 0.29) is 6.54 Å². The Balaban J connectivity index is 0.000000604. The molecule has 0 bridgehead atoms. The van der Waals surface area contributed by atoms with Crippen LogP contribution in [0.5, 0.6) is 5.75 Å². The Morgan fingerprint density at radius 1 is 1.19 bits per heavy atom. The number of aromatic nitrogens is 1. The number of hydrogen-bond acceptors (Lipinski definition) is 6. The van der Waals surface area contributed by atoms with E-state index in [1.165, 1.54) is 17.0 Å². The first-order valence-electron chi connectivity index (χ1n) is 10.8. The van der Waals surface area contributed by atoms with Crippen molar-refractivity contribution in [2.75, 3.05) is 30.7 Å². The third-order valence-corrected chi connectivity index (χ3v) is 5.84. The van der Waals surface area contributed by atoms with Gasteiger partial charge in [-0.2, -0.15) is 13.2 Å². The summed E-state index contributed by atoms with van der Waals surface area (Å²) in [5.41, 5.74) is 4.26. The number of anilines is 1. The molecular formula is C23H27ClF3N3O6S. The van der Waals surface area contributed by atoms with E-state index in [1.807, 2.05) is 25.1 Å². The summed E-state index contributed by atoms with van der Waals surface area (Å²) in [6.45, 7) is 5.38. The maximum absolute atomic E-state index is 11.4. The molecular weight excluding hydrogens is 539 g/mol. The van der Waals surface area contributed by atoms with Crippen molar-refractivity contribution in [2.24, 2.45) is 0 Å². The fourth-order valence-corrected chi connectivity index (χ4v) is 4.01. The number of carboxylic acid groups (broad SMARTS) is 1. The van der Waals surface area contributed by atoms with Crippen LogP contribution in [0.4, 0.5) is 18.9 Å². The fourth-order valence-electron chi connectivity index (χ4n) is 3.22. The third kappa shape index (κ3) is 9.76. The SMILES string of the molecule is Cc1[nH]c2cc(OCCNCC(O)c3cc(Cl)cc(NS(C)(=O)=O)c3)ccc2c1C.O=C(O)C(F)(F)F. The number of aliphatic hydroxyl groups excluding tert-OH is 1. The van der Waals surface area contributed by atoms with Crippen molar-refractivity contribution < 1.29 is 41.3 Å². The van der Waals surface area contributed by atoms with E-state index in [9.17, 15) is 26.7 Å². The summed E-state index contributed by atoms with van der Waals surface area (Å²) < 4.78 is 62.7. The van der Waals surface area contributed by atoms with Gasteiger partial charge in [-0.05, 0) is 55.3 Å². The lowest BCUT2D eigenvalue weighted by atomic mass is 10.1. The fraction of sp³-hybridized carbons (Fsp3) is 0.348. The summed E-state index contributed by atoms with van der Waals surface area (Å²) in [7, 11) is -3.43. The maximum Gasteiger partial charge on any atom is 0.490 e. The predicted octanol–water partition coefficient (Wildman–Crippen LogP) is 4.14. The predicted molar refractivity (Wildman–Crippen MR) is 135 cm³/mol. The summed E-state index contributed by atoms with van der Waals surface area (Å²) in [5, 5.41) is 22.2. The minimum Gasteiger partial charge on any atom is -0.492 e. The second kappa shape index (κ2) is 12.5. The topological polar surface area (TPSA) is 141 Å². The molecule has 1 heterocycles. The summed E-state index contributed by atoms with van der Waals surface area (Å²) in [6, 6.07) is 10.6. The van der Waals surface area contributed by atoms with Gasteiger partial charge in [-0.1, -0.05) is 11.6 Å². The van der Waals surface area contributed by atoms with Gasteiger partial charge in [0, 0.05) is 40.8 Å². The van der Waals surface area contributed by atoms with Crippen LogP contribution in [0.15, 0.2) is 36.4 Å². The van der Waals surface area contributed by atoms with Crippen LogP contribution >= 0.6 is 11.6 Å². The Bertz CT molecular complexity index is 1350. The van der Waals surface area contributed by atoms with E-state index in [0.717, 1.165) is 23.2 Å². The minimum absolute atomic E-state index is 0.274. The number of carboxylic acids is 1. The Kier molecular flexibility index (Phi) is 10.2. The number of aromatic amines is 1. The number of sulfonamides is 1. The lowest BCUT2D eigenvalue weighted by Gasteiger charge is -2.15. The number of rotatable bonds is 9. The number of ether oxygens (including phenoxy) is 1. The number of aliphatic carboxylic acids is 1. The van der Waals surface area contributed by atoms with E-state index in [2.05, 4.69) is 21.9 Å². The van der Waals surface area contributed by atoms with E-state index in [0.29, 0.717) is 29.4 Å². The number of H-pyrrole nitrogens is 1. The van der Waals surface area contributed by atoms with Crippen LogP contribution in [0, 0.1) is 13.8 Å². The van der Waals surface area contributed by atoms with Crippen molar-refractivity contribution in [3.05, 3.63) is 58.2 Å². The number of benzene rings is 2.